The van der Waals surface area contributed by atoms with Gasteiger partial charge in [-0.05, 0) is 32.9 Å². The first kappa shape index (κ1) is 18.7. The van der Waals surface area contributed by atoms with Gasteiger partial charge in [-0.25, -0.2) is 13.6 Å². The van der Waals surface area contributed by atoms with E-state index in [4.69, 9.17) is 5.73 Å². The molecule has 1 saturated carbocycles. The summed E-state index contributed by atoms with van der Waals surface area (Å²) in [6.07, 6.45) is 3.36. The number of hydrogen-bond donors (Lipinski definition) is 2. The lowest BCUT2D eigenvalue weighted by atomic mass is 10.1. The van der Waals surface area contributed by atoms with Gasteiger partial charge in [0, 0.05) is 31.9 Å². The van der Waals surface area contributed by atoms with E-state index in [1.54, 1.807) is 4.90 Å². The molecule has 2 aromatic rings. The number of anilines is 2. The van der Waals surface area contributed by atoms with Gasteiger partial charge in [-0.1, -0.05) is 0 Å². The summed E-state index contributed by atoms with van der Waals surface area (Å²) in [6.45, 7) is 2.35. The molecule has 1 aliphatic heterocycles. The highest BCUT2D eigenvalue weighted by atomic mass is 19.1. The minimum atomic E-state index is -1.44. The summed E-state index contributed by atoms with van der Waals surface area (Å²) in [5.41, 5.74) is 3.60. The fourth-order valence-electron chi connectivity index (χ4n) is 3.89. The van der Waals surface area contributed by atoms with Crippen molar-refractivity contribution in [2.45, 2.75) is 25.3 Å². The predicted molar refractivity (Wildman–Crippen MR) is 102 cm³/mol. The number of hydrogen-bond acceptors (Lipinski definition) is 5. The summed E-state index contributed by atoms with van der Waals surface area (Å²) in [7, 11) is 1.95. The number of aromatic carboxylic acids is 1. The third kappa shape index (κ3) is 2.90. The number of benzene rings is 1. The van der Waals surface area contributed by atoms with E-state index in [0.717, 1.165) is 32.0 Å². The molecule has 4 rings (SSSR count). The van der Waals surface area contributed by atoms with Gasteiger partial charge in [0.2, 0.25) is 5.43 Å². The highest BCUT2D eigenvalue weighted by molar-refractivity contribution is 5.99. The summed E-state index contributed by atoms with van der Waals surface area (Å²) in [5, 5.41) is 8.95. The molecule has 1 aromatic carbocycles. The average molecular weight is 392 g/mol. The standard InChI is InChI=1S/C19H22F2N4O3/c1-23-5-2-6-24(8-7-23)17-13(20)15(22)12-16(14(17)21)25(10-3-4-10)9-11(18(12)26)19(27)28/h9-10H,2-8,22H2,1H3,(H,27,28). The first-order chi connectivity index (χ1) is 13.3. The number of carbonyl (C=O) groups is 1. The van der Waals surface area contributed by atoms with Gasteiger partial charge >= 0.3 is 5.97 Å². The molecule has 7 nitrogen and oxygen atoms in total. The van der Waals surface area contributed by atoms with Crippen molar-refractivity contribution < 1.29 is 18.7 Å². The molecule has 2 heterocycles. The number of aromatic nitrogens is 1. The molecule has 0 bridgehead atoms. The fourth-order valence-corrected chi connectivity index (χ4v) is 3.89. The molecule has 0 atom stereocenters. The maximum absolute atomic E-state index is 15.6. The predicted octanol–water partition coefficient (Wildman–Crippen LogP) is 2.04. The number of nitrogens with two attached hydrogens (primary N) is 1. The molecule has 28 heavy (non-hydrogen) atoms. The van der Waals surface area contributed by atoms with E-state index >= 15 is 8.78 Å². The van der Waals surface area contributed by atoms with Crippen LogP contribution in [0.1, 0.15) is 35.7 Å². The Balaban J connectivity index is 2.02. The van der Waals surface area contributed by atoms with Crippen molar-refractivity contribution in [1.82, 2.24) is 9.47 Å². The first-order valence-electron chi connectivity index (χ1n) is 9.33. The van der Waals surface area contributed by atoms with Crippen molar-refractivity contribution in [1.29, 1.82) is 0 Å². The Morgan fingerprint density at radius 1 is 1.18 bits per heavy atom. The SMILES string of the molecule is CN1CCCN(c2c(F)c(N)c3c(=O)c(C(=O)O)cn(C4CC4)c3c2F)CC1. The summed E-state index contributed by atoms with van der Waals surface area (Å²) >= 11 is 0. The Morgan fingerprint density at radius 2 is 1.89 bits per heavy atom. The molecular weight excluding hydrogens is 370 g/mol. The monoisotopic (exact) mass is 392 g/mol. The van der Waals surface area contributed by atoms with E-state index in [1.807, 2.05) is 7.05 Å². The minimum absolute atomic E-state index is 0.107. The molecule has 150 valence electrons. The van der Waals surface area contributed by atoms with Gasteiger partial charge in [0.05, 0.1) is 16.6 Å². The largest absolute Gasteiger partial charge is 0.477 e. The van der Waals surface area contributed by atoms with E-state index in [0.29, 0.717) is 19.6 Å². The Hall–Kier alpha value is -2.68. The van der Waals surface area contributed by atoms with Crippen molar-refractivity contribution in [3.63, 3.8) is 0 Å². The zero-order valence-electron chi connectivity index (χ0n) is 15.5. The maximum atomic E-state index is 15.6. The number of pyridine rings is 1. The van der Waals surface area contributed by atoms with Crippen molar-refractivity contribution in [3.8, 4) is 0 Å². The Kier molecular flexibility index (Phi) is 4.49. The minimum Gasteiger partial charge on any atom is -0.477 e. The molecule has 1 aromatic heterocycles. The number of likely N-dealkylation sites (N-methyl/N-ethyl adjacent to an activating group) is 1. The van der Waals surface area contributed by atoms with E-state index in [2.05, 4.69) is 4.90 Å². The zero-order chi connectivity index (χ0) is 20.2. The summed E-state index contributed by atoms with van der Waals surface area (Å²) in [6, 6.07) is -0.122. The van der Waals surface area contributed by atoms with Crippen LogP contribution in [0.25, 0.3) is 10.9 Å². The van der Waals surface area contributed by atoms with Gasteiger partial charge in [-0.2, -0.15) is 0 Å². The van der Waals surface area contributed by atoms with Crippen LogP contribution in [-0.2, 0) is 0 Å². The van der Waals surface area contributed by atoms with Crippen molar-refractivity contribution >= 4 is 28.2 Å². The highest BCUT2D eigenvalue weighted by Gasteiger charge is 2.33. The first-order valence-corrected chi connectivity index (χ1v) is 9.33. The Morgan fingerprint density at radius 3 is 2.54 bits per heavy atom. The summed E-state index contributed by atoms with van der Waals surface area (Å²) < 4.78 is 32.2. The Labute approximate surface area is 159 Å². The number of nitrogens with zero attached hydrogens (tertiary/aromatic N) is 3. The third-order valence-electron chi connectivity index (χ3n) is 5.57. The number of rotatable bonds is 3. The fraction of sp³-hybridized carbons (Fsp3) is 0.474. The second kappa shape index (κ2) is 6.73. The topological polar surface area (TPSA) is 91.8 Å². The summed E-state index contributed by atoms with van der Waals surface area (Å²) in [4.78, 5) is 27.8. The van der Waals surface area contributed by atoms with Crippen LogP contribution < -0.4 is 16.1 Å². The number of nitrogen functional groups attached to an aromatic ring is 1. The number of carboxylic acids is 1. The maximum Gasteiger partial charge on any atom is 0.341 e. The van der Waals surface area contributed by atoms with Crippen LogP contribution in [0.2, 0.25) is 0 Å². The van der Waals surface area contributed by atoms with Crippen LogP contribution in [0.5, 0.6) is 0 Å². The van der Waals surface area contributed by atoms with Crippen molar-refractivity contribution in [2.24, 2.45) is 0 Å². The van der Waals surface area contributed by atoms with Crippen LogP contribution in [0.3, 0.4) is 0 Å². The molecule has 1 saturated heterocycles. The zero-order valence-corrected chi connectivity index (χ0v) is 15.5. The molecule has 2 aliphatic rings. The van der Waals surface area contributed by atoms with Crippen LogP contribution in [-0.4, -0.2) is 53.8 Å². The normalized spacial score (nSPS) is 18.5. The van der Waals surface area contributed by atoms with E-state index in [-0.39, 0.29) is 17.2 Å². The van der Waals surface area contributed by atoms with Gasteiger partial charge in [-0.3, -0.25) is 4.79 Å². The molecule has 3 N–H and O–H groups in total. The molecule has 9 heteroatoms. The smallest absolute Gasteiger partial charge is 0.341 e. The summed E-state index contributed by atoms with van der Waals surface area (Å²) in [5.74, 6) is -3.30. The quantitative estimate of drug-likeness (QED) is 0.777. The lowest BCUT2D eigenvalue weighted by molar-refractivity contribution is 0.0695. The molecular formula is C19H22F2N4O3. The van der Waals surface area contributed by atoms with E-state index in [1.165, 1.54) is 4.57 Å². The second-order valence-corrected chi connectivity index (χ2v) is 7.57. The van der Waals surface area contributed by atoms with E-state index in [9.17, 15) is 14.7 Å². The average Bonchev–Trinajstić information content (AvgIpc) is 3.48. The molecule has 2 fully saturated rings. The number of fused-ring (bicyclic) bond motifs is 1. The second-order valence-electron chi connectivity index (χ2n) is 7.57. The Bertz CT molecular complexity index is 1030. The van der Waals surface area contributed by atoms with Gasteiger partial charge < -0.3 is 25.2 Å². The molecule has 0 unspecified atom stereocenters. The van der Waals surface area contributed by atoms with Crippen molar-refractivity contribution in [2.75, 3.05) is 43.9 Å². The third-order valence-corrected chi connectivity index (χ3v) is 5.57. The molecule has 0 amide bonds. The highest BCUT2D eigenvalue weighted by Crippen LogP contribution is 2.41. The van der Waals surface area contributed by atoms with Crippen LogP contribution in [0.15, 0.2) is 11.0 Å². The number of halogens is 2. The number of carboxylic acid groups (broad SMARTS) is 1. The van der Waals surface area contributed by atoms with Crippen LogP contribution in [0, 0.1) is 11.6 Å². The van der Waals surface area contributed by atoms with Crippen molar-refractivity contribution in [3.05, 3.63) is 33.6 Å². The van der Waals surface area contributed by atoms with E-state index < -0.39 is 39.7 Å². The van der Waals surface area contributed by atoms with Gasteiger partial charge in [0.1, 0.15) is 11.3 Å². The van der Waals surface area contributed by atoms with Gasteiger partial charge in [0.15, 0.2) is 11.6 Å². The van der Waals surface area contributed by atoms with Crippen LogP contribution >= 0.6 is 0 Å². The van der Waals surface area contributed by atoms with Gasteiger partial charge in [-0.15, -0.1) is 0 Å². The van der Waals surface area contributed by atoms with Gasteiger partial charge in [0.25, 0.3) is 0 Å². The molecule has 0 radical (unpaired) electrons. The molecule has 0 spiro atoms. The van der Waals surface area contributed by atoms with Crippen LogP contribution in [0.4, 0.5) is 20.2 Å². The lowest BCUT2D eigenvalue weighted by Gasteiger charge is -2.26. The molecule has 1 aliphatic carbocycles. The lowest BCUT2D eigenvalue weighted by Crippen LogP contribution is -2.31.